The number of methoxy groups -OCH3 is 1. The minimum Gasteiger partial charge on any atom is -0.497 e. The lowest BCUT2D eigenvalue weighted by molar-refractivity contribution is -0.121. The van der Waals surface area contributed by atoms with Crippen LogP contribution in [0.15, 0.2) is 35.8 Å². The first-order valence-corrected chi connectivity index (χ1v) is 8.17. The van der Waals surface area contributed by atoms with Crippen molar-refractivity contribution in [1.29, 1.82) is 0 Å². The molecule has 0 radical (unpaired) electrons. The number of hydrogen-bond donors (Lipinski definition) is 1. The average molecular weight is 317 g/mol. The van der Waals surface area contributed by atoms with Crippen molar-refractivity contribution in [2.45, 2.75) is 19.0 Å². The fourth-order valence-corrected chi connectivity index (χ4v) is 3.48. The van der Waals surface area contributed by atoms with E-state index in [-0.39, 0.29) is 11.9 Å². The van der Waals surface area contributed by atoms with Gasteiger partial charge in [-0.2, -0.15) is 0 Å². The van der Waals surface area contributed by atoms with Gasteiger partial charge in [-0.3, -0.25) is 9.69 Å². The third-order valence-electron chi connectivity index (χ3n) is 3.80. The molecule has 2 aromatic rings. The Morgan fingerprint density at radius 3 is 3.18 bits per heavy atom. The monoisotopic (exact) mass is 317 g/mol. The second-order valence-electron chi connectivity index (χ2n) is 5.26. The summed E-state index contributed by atoms with van der Waals surface area (Å²) in [6, 6.07) is 8.10. The molecule has 2 heterocycles. The highest BCUT2D eigenvalue weighted by Gasteiger charge is 2.28. The number of thiazole rings is 1. The molecule has 0 bridgehead atoms. The molecular formula is C16H19N3O2S. The van der Waals surface area contributed by atoms with Crippen LogP contribution in [0.1, 0.15) is 23.0 Å². The first kappa shape index (κ1) is 15.0. The molecular weight excluding hydrogens is 298 g/mol. The normalized spacial score (nSPS) is 19.5. The number of benzene rings is 1. The number of nitrogens with zero attached hydrogens (tertiary/aromatic N) is 2. The van der Waals surface area contributed by atoms with Crippen molar-refractivity contribution in [2.24, 2.45) is 0 Å². The van der Waals surface area contributed by atoms with Gasteiger partial charge < -0.3 is 10.1 Å². The second kappa shape index (κ2) is 6.89. The predicted molar refractivity (Wildman–Crippen MR) is 85.9 cm³/mol. The van der Waals surface area contributed by atoms with Gasteiger partial charge in [0.2, 0.25) is 5.91 Å². The van der Waals surface area contributed by atoms with Crippen LogP contribution in [0.25, 0.3) is 0 Å². The van der Waals surface area contributed by atoms with Crippen molar-refractivity contribution < 1.29 is 9.53 Å². The largest absolute Gasteiger partial charge is 0.497 e. The lowest BCUT2D eigenvalue weighted by Gasteiger charge is -2.27. The van der Waals surface area contributed by atoms with Gasteiger partial charge in [0, 0.05) is 37.6 Å². The molecule has 22 heavy (non-hydrogen) atoms. The first-order chi connectivity index (χ1) is 10.8. The molecule has 0 saturated carbocycles. The van der Waals surface area contributed by atoms with E-state index in [9.17, 15) is 4.79 Å². The maximum atomic E-state index is 11.9. The summed E-state index contributed by atoms with van der Waals surface area (Å²) in [4.78, 5) is 18.6. The van der Waals surface area contributed by atoms with Crippen molar-refractivity contribution in [3.63, 3.8) is 0 Å². The topological polar surface area (TPSA) is 54.5 Å². The summed E-state index contributed by atoms with van der Waals surface area (Å²) in [5.41, 5.74) is 1.18. The number of aromatic nitrogens is 1. The summed E-state index contributed by atoms with van der Waals surface area (Å²) >= 11 is 1.61. The number of carbonyl (C=O) groups excluding carboxylic acids is 1. The molecule has 1 atom stereocenters. The molecule has 1 aromatic heterocycles. The summed E-state index contributed by atoms with van der Waals surface area (Å²) < 4.78 is 5.29. The van der Waals surface area contributed by atoms with Gasteiger partial charge in [0.1, 0.15) is 10.8 Å². The van der Waals surface area contributed by atoms with E-state index in [1.54, 1.807) is 24.6 Å². The van der Waals surface area contributed by atoms with Crippen molar-refractivity contribution >= 4 is 17.2 Å². The molecule has 0 aliphatic carbocycles. The summed E-state index contributed by atoms with van der Waals surface area (Å²) in [6.07, 6.45) is 2.25. The summed E-state index contributed by atoms with van der Waals surface area (Å²) in [7, 11) is 1.67. The van der Waals surface area contributed by atoms with Crippen molar-refractivity contribution in [2.75, 3.05) is 20.2 Å². The zero-order valence-electron chi connectivity index (χ0n) is 12.5. The molecule has 1 aromatic carbocycles. The Labute approximate surface area is 133 Å². The Bertz CT molecular complexity index is 630. The maximum Gasteiger partial charge on any atom is 0.222 e. The molecule has 1 saturated heterocycles. The van der Waals surface area contributed by atoms with Gasteiger partial charge in [0.15, 0.2) is 0 Å². The van der Waals surface area contributed by atoms with Gasteiger partial charge in [-0.25, -0.2) is 4.98 Å². The molecule has 1 aliphatic rings. The van der Waals surface area contributed by atoms with E-state index in [1.807, 2.05) is 23.6 Å². The van der Waals surface area contributed by atoms with E-state index < -0.39 is 0 Å². The third-order valence-corrected chi connectivity index (χ3v) is 4.67. The molecule has 1 amide bonds. The summed E-state index contributed by atoms with van der Waals surface area (Å²) in [6.45, 7) is 2.26. The Balaban J connectivity index is 1.83. The van der Waals surface area contributed by atoms with Crippen LogP contribution in [0.4, 0.5) is 0 Å². The second-order valence-corrected chi connectivity index (χ2v) is 6.19. The van der Waals surface area contributed by atoms with E-state index in [0.717, 1.165) is 23.8 Å². The number of carbonyl (C=O) groups is 1. The van der Waals surface area contributed by atoms with Gasteiger partial charge >= 0.3 is 0 Å². The number of rotatable bonds is 4. The van der Waals surface area contributed by atoms with E-state index in [2.05, 4.69) is 21.3 Å². The summed E-state index contributed by atoms with van der Waals surface area (Å²) in [5, 5.41) is 5.91. The highest BCUT2D eigenvalue weighted by atomic mass is 32.1. The highest BCUT2D eigenvalue weighted by Crippen LogP contribution is 2.29. The molecule has 3 rings (SSSR count). The van der Waals surface area contributed by atoms with E-state index in [0.29, 0.717) is 13.0 Å². The maximum absolute atomic E-state index is 11.9. The van der Waals surface area contributed by atoms with Crippen LogP contribution in [0, 0.1) is 0 Å². The van der Waals surface area contributed by atoms with Crippen molar-refractivity contribution in [3.05, 3.63) is 46.4 Å². The molecule has 1 unspecified atom stereocenters. The fourth-order valence-electron chi connectivity index (χ4n) is 2.71. The minimum atomic E-state index is 0.0358. The van der Waals surface area contributed by atoms with Gasteiger partial charge in [0.05, 0.1) is 13.2 Å². The third kappa shape index (κ3) is 3.45. The number of hydrogen-bond acceptors (Lipinski definition) is 5. The van der Waals surface area contributed by atoms with Crippen LogP contribution < -0.4 is 10.1 Å². The van der Waals surface area contributed by atoms with E-state index in [1.165, 1.54) is 5.56 Å². The number of nitrogens with one attached hydrogen (secondary N) is 1. The molecule has 1 fully saturated rings. The Kier molecular flexibility index (Phi) is 4.70. The molecule has 6 heteroatoms. The standard InChI is InChI=1S/C16H19N3O2S/c1-21-13-4-2-3-12(9-13)11-19-7-5-17-15(20)10-14(19)16-18-6-8-22-16/h2-4,6,8-9,14H,5,7,10-11H2,1H3,(H,17,20). The quantitative estimate of drug-likeness (QED) is 0.939. The summed E-state index contributed by atoms with van der Waals surface area (Å²) in [5.74, 6) is 0.945. The molecule has 1 N–H and O–H groups in total. The average Bonchev–Trinajstić information content (AvgIpc) is 3.00. The first-order valence-electron chi connectivity index (χ1n) is 7.29. The lowest BCUT2D eigenvalue weighted by atomic mass is 10.1. The lowest BCUT2D eigenvalue weighted by Crippen LogP contribution is -2.30. The van der Waals surface area contributed by atoms with Crippen molar-refractivity contribution in [1.82, 2.24) is 15.2 Å². The molecule has 116 valence electrons. The van der Waals surface area contributed by atoms with Gasteiger partial charge in [-0.15, -0.1) is 11.3 Å². The minimum absolute atomic E-state index is 0.0358. The van der Waals surface area contributed by atoms with Gasteiger partial charge in [-0.1, -0.05) is 12.1 Å². The van der Waals surface area contributed by atoms with Crippen LogP contribution in [0.2, 0.25) is 0 Å². The van der Waals surface area contributed by atoms with Crippen LogP contribution in [-0.4, -0.2) is 36.0 Å². The van der Waals surface area contributed by atoms with E-state index >= 15 is 0 Å². The highest BCUT2D eigenvalue weighted by molar-refractivity contribution is 7.09. The SMILES string of the molecule is COc1cccc(CN2CCNC(=O)CC2c2nccs2)c1. The Hall–Kier alpha value is -1.92. The van der Waals surface area contributed by atoms with Gasteiger partial charge in [-0.05, 0) is 17.7 Å². The number of amides is 1. The molecule has 0 spiro atoms. The smallest absolute Gasteiger partial charge is 0.222 e. The van der Waals surface area contributed by atoms with Crippen molar-refractivity contribution in [3.8, 4) is 5.75 Å². The van der Waals surface area contributed by atoms with E-state index in [4.69, 9.17) is 4.74 Å². The molecule has 1 aliphatic heterocycles. The predicted octanol–water partition coefficient (Wildman–Crippen LogP) is 2.21. The number of ether oxygens (including phenoxy) is 1. The Morgan fingerprint density at radius 2 is 2.41 bits per heavy atom. The molecule has 5 nitrogen and oxygen atoms in total. The van der Waals surface area contributed by atoms with Crippen LogP contribution in [-0.2, 0) is 11.3 Å². The van der Waals surface area contributed by atoms with Crippen LogP contribution >= 0.6 is 11.3 Å². The van der Waals surface area contributed by atoms with Crippen LogP contribution in [0.3, 0.4) is 0 Å². The van der Waals surface area contributed by atoms with Gasteiger partial charge in [0.25, 0.3) is 0 Å². The van der Waals surface area contributed by atoms with Crippen LogP contribution in [0.5, 0.6) is 5.75 Å². The zero-order chi connectivity index (χ0) is 15.4. The zero-order valence-corrected chi connectivity index (χ0v) is 13.3. The fraction of sp³-hybridized carbons (Fsp3) is 0.375. The Morgan fingerprint density at radius 1 is 1.50 bits per heavy atom.